The zero-order valence-corrected chi connectivity index (χ0v) is 23.5. The van der Waals surface area contributed by atoms with Crippen molar-refractivity contribution in [3.05, 3.63) is 83.6 Å². The van der Waals surface area contributed by atoms with E-state index >= 15 is 0 Å². The van der Waals surface area contributed by atoms with Gasteiger partial charge >= 0.3 is 0 Å². The number of benzene rings is 2. The molecule has 1 atom stereocenters. The van der Waals surface area contributed by atoms with Gasteiger partial charge in [0.25, 0.3) is 0 Å². The second-order valence-corrected chi connectivity index (χ2v) is 12.1. The molecule has 208 valence electrons. The Labute approximate surface area is 233 Å². The van der Waals surface area contributed by atoms with Crippen molar-refractivity contribution >= 4 is 21.2 Å². The molecule has 0 radical (unpaired) electrons. The van der Waals surface area contributed by atoms with Gasteiger partial charge in [0.2, 0.25) is 21.7 Å². The van der Waals surface area contributed by atoms with Crippen LogP contribution in [0.25, 0.3) is 11.1 Å². The van der Waals surface area contributed by atoms with Crippen molar-refractivity contribution < 1.29 is 23.0 Å². The summed E-state index contributed by atoms with van der Waals surface area (Å²) in [5.41, 5.74) is 4.54. The lowest BCUT2D eigenvalue weighted by molar-refractivity contribution is 0.403. The first-order valence-electron chi connectivity index (χ1n) is 13.4. The zero-order chi connectivity index (χ0) is 28.6. The fourth-order valence-electron chi connectivity index (χ4n) is 5.40. The number of halogens is 1. The largest absolute Gasteiger partial charge is 0.504 e. The van der Waals surface area contributed by atoms with Crippen LogP contribution < -0.4 is 4.90 Å². The molecule has 1 aliphatic heterocycles. The Morgan fingerprint density at radius 3 is 2.45 bits per heavy atom. The summed E-state index contributed by atoms with van der Waals surface area (Å²) in [5, 5.41) is 22.6. The van der Waals surface area contributed by atoms with Crippen LogP contribution in [0.15, 0.2) is 70.5 Å². The molecule has 9 heteroatoms. The molecule has 2 aromatic carbocycles. The quantitative estimate of drug-likeness (QED) is 0.244. The van der Waals surface area contributed by atoms with Crippen molar-refractivity contribution in [2.24, 2.45) is 0 Å². The standard InChI is InChI=1S/C31H32FN3O4S/c1-4-5-9-25-28(35-19(2)11-12-22-8-6-7-10-26(22)35)29(36)30(31(37)34-25)40(38,39)23-15-13-21(14-16-23)24-17-18-27(32)33-20(24)3/h6-8,10,13-19H,4-5,9,11-12H2,1-3H3,(H2,34,36,37). The van der Waals surface area contributed by atoms with Crippen LogP contribution in [0.3, 0.4) is 0 Å². The molecule has 2 N–H and O–H groups in total. The molecule has 1 aliphatic rings. The van der Waals surface area contributed by atoms with Gasteiger partial charge in [-0.1, -0.05) is 43.7 Å². The number of rotatable bonds is 7. The van der Waals surface area contributed by atoms with Crippen molar-refractivity contribution in [1.29, 1.82) is 0 Å². The second-order valence-electron chi connectivity index (χ2n) is 10.2. The molecule has 0 saturated heterocycles. The van der Waals surface area contributed by atoms with Crippen molar-refractivity contribution in [3.63, 3.8) is 0 Å². The SMILES string of the molecule is CCCCc1nc(O)c(S(=O)(=O)c2ccc(-c3ccc(F)nc3C)cc2)c(O)c1N1c2ccccc2CCC1C. The van der Waals surface area contributed by atoms with Gasteiger partial charge in [-0.15, -0.1) is 0 Å². The summed E-state index contributed by atoms with van der Waals surface area (Å²) < 4.78 is 41.2. The number of pyridine rings is 2. The Morgan fingerprint density at radius 2 is 1.75 bits per heavy atom. The van der Waals surface area contributed by atoms with E-state index in [0.717, 1.165) is 36.9 Å². The number of nitrogens with zero attached hydrogens (tertiary/aromatic N) is 3. The maximum absolute atomic E-state index is 13.9. The van der Waals surface area contributed by atoms with E-state index in [1.807, 2.05) is 43.0 Å². The van der Waals surface area contributed by atoms with Crippen LogP contribution in [0.4, 0.5) is 15.8 Å². The van der Waals surface area contributed by atoms with Crippen LogP contribution >= 0.6 is 0 Å². The number of anilines is 2. The lowest BCUT2D eigenvalue weighted by Gasteiger charge is -2.38. The van der Waals surface area contributed by atoms with Gasteiger partial charge in [0.1, 0.15) is 5.69 Å². The Balaban J connectivity index is 1.65. The Bertz CT molecular complexity index is 1670. The molecule has 0 aliphatic carbocycles. The summed E-state index contributed by atoms with van der Waals surface area (Å²) >= 11 is 0. The molecule has 0 fully saturated rings. The number of para-hydroxylation sites is 1. The number of unbranched alkanes of at least 4 members (excludes halogenated alkanes) is 1. The highest BCUT2D eigenvalue weighted by Gasteiger charge is 2.35. The first kappa shape index (κ1) is 27.6. The van der Waals surface area contributed by atoms with Crippen molar-refractivity contribution in [1.82, 2.24) is 9.97 Å². The number of sulfone groups is 1. The molecule has 40 heavy (non-hydrogen) atoms. The van der Waals surface area contributed by atoms with E-state index in [4.69, 9.17) is 0 Å². The molecule has 7 nitrogen and oxygen atoms in total. The smallest absolute Gasteiger partial charge is 0.234 e. The van der Waals surface area contributed by atoms with Crippen LogP contribution in [0.1, 0.15) is 50.1 Å². The average Bonchev–Trinajstić information content (AvgIpc) is 2.92. The van der Waals surface area contributed by atoms with Crippen LogP contribution in [0.2, 0.25) is 0 Å². The fourth-order valence-corrected chi connectivity index (χ4v) is 6.76. The number of aryl methyl sites for hydroxylation is 3. The van der Waals surface area contributed by atoms with E-state index in [-0.39, 0.29) is 10.9 Å². The second kappa shape index (κ2) is 10.9. The van der Waals surface area contributed by atoms with E-state index in [1.165, 1.54) is 18.2 Å². The molecule has 0 spiro atoms. The van der Waals surface area contributed by atoms with Crippen molar-refractivity contribution in [2.45, 2.75) is 68.7 Å². The number of aromatic hydroxyl groups is 2. The molecular weight excluding hydrogens is 529 g/mol. The van der Waals surface area contributed by atoms with Crippen molar-refractivity contribution in [2.75, 3.05) is 4.90 Å². The Kier molecular flexibility index (Phi) is 7.51. The van der Waals surface area contributed by atoms with E-state index in [1.54, 1.807) is 25.1 Å². The normalized spacial score (nSPS) is 15.2. The molecule has 1 unspecified atom stereocenters. The highest BCUT2D eigenvalue weighted by molar-refractivity contribution is 7.91. The molecule has 0 amide bonds. The molecule has 2 aromatic heterocycles. The number of hydrogen-bond donors (Lipinski definition) is 2. The van der Waals surface area contributed by atoms with Crippen LogP contribution in [-0.2, 0) is 22.7 Å². The van der Waals surface area contributed by atoms with E-state index in [2.05, 4.69) is 9.97 Å². The monoisotopic (exact) mass is 561 g/mol. The molecule has 5 rings (SSSR count). The Hall–Kier alpha value is -3.98. The molecular formula is C31H32FN3O4S. The maximum Gasteiger partial charge on any atom is 0.234 e. The van der Waals surface area contributed by atoms with Gasteiger partial charge in [-0.2, -0.15) is 4.39 Å². The number of fused-ring (bicyclic) bond motifs is 1. The summed E-state index contributed by atoms with van der Waals surface area (Å²) in [6.45, 7) is 5.74. The number of aromatic nitrogens is 2. The van der Waals surface area contributed by atoms with Gasteiger partial charge in [-0.05, 0) is 81.0 Å². The third-order valence-electron chi connectivity index (χ3n) is 7.48. The van der Waals surface area contributed by atoms with Gasteiger partial charge in [0.15, 0.2) is 10.6 Å². The van der Waals surface area contributed by atoms with Gasteiger partial charge in [-0.3, -0.25) is 0 Å². The third kappa shape index (κ3) is 4.90. The van der Waals surface area contributed by atoms with Crippen LogP contribution in [-0.4, -0.2) is 34.6 Å². The molecule has 0 bridgehead atoms. The zero-order valence-electron chi connectivity index (χ0n) is 22.7. The van der Waals surface area contributed by atoms with Gasteiger partial charge < -0.3 is 15.1 Å². The minimum absolute atomic E-state index is 0.0325. The van der Waals surface area contributed by atoms with Crippen LogP contribution in [0, 0.1) is 12.9 Å². The topological polar surface area (TPSA) is 104 Å². The van der Waals surface area contributed by atoms with E-state index in [0.29, 0.717) is 34.6 Å². The van der Waals surface area contributed by atoms with Crippen molar-refractivity contribution in [3.8, 4) is 22.8 Å². The van der Waals surface area contributed by atoms with E-state index < -0.39 is 32.3 Å². The summed E-state index contributed by atoms with van der Waals surface area (Å²) in [5.74, 6) is -1.83. The summed E-state index contributed by atoms with van der Waals surface area (Å²) in [6, 6.07) is 16.6. The summed E-state index contributed by atoms with van der Waals surface area (Å²) in [4.78, 5) is 9.42. The summed E-state index contributed by atoms with van der Waals surface area (Å²) in [7, 11) is -4.37. The van der Waals surface area contributed by atoms with Gasteiger partial charge in [0.05, 0.1) is 10.6 Å². The lowest BCUT2D eigenvalue weighted by atomic mass is 9.95. The predicted molar refractivity (Wildman–Crippen MR) is 152 cm³/mol. The fraction of sp³-hybridized carbons (Fsp3) is 0.290. The first-order chi connectivity index (χ1) is 19.1. The average molecular weight is 562 g/mol. The minimum Gasteiger partial charge on any atom is -0.504 e. The first-order valence-corrected chi connectivity index (χ1v) is 14.9. The summed E-state index contributed by atoms with van der Waals surface area (Å²) in [6.07, 6.45) is 3.77. The Morgan fingerprint density at radius 1 is 1.02 bits per heavy atom. The lowest BCUT2D eigenvalue weighted by Crippen LogP contribution is -2.34. The number of hydrogen-bond acceptors (Lipinski definition) is 7. The van der Waals surface area contributed by atoms with Crippen LogP contribution in [0.5, 0.6) is 11.6 Å². The third-order valence-corrected chi connectivity index (χ3v) is 9.29. The minimum atomic E-state index is -4.37. The molecule has 3 heterocycles. The van der Waals surface area contributed by atoms with Gasteiger partial charge in [-0.25, -0.2) is 18.4 Å². The highest BCUT2D eigenvalue weighted by atomic mass is 32.2. The highest BCUT2D eigenvalue weighted by Crippen LogP contribution is 2.48. The predicted octanol–water partition coefficient (Wildman–Crippen LogP) is 6.65. The van der Waals surface area contributed by atoms with E-state index in [9.17, 15) is 23.0 Å². The van der Waals surface area contributed by atoms with Gasteiger partial charge in [0, 0.05) is 23.0 Å². The maximum atomic E-state index is 13.9. The molecule has 4 aromatic rings. The molecule has 0 saturated carbocycles.